The van der Waals surface area contributed by atoms with Crippen LogP contribution in [0.3, 0.4) is 0 Å². The molecule has 3 aromatic rings. The van der Waals surface area contributed by atoms with Crippen LogP contribution in [0, 0.1) is 0 Å². The zero-order valence-corrected chi connectivity index (χ0v) is 18.6. The highest BCUT2D eigenvalue weighted by molar-refractivity contribution is 7.95. The summed E-state index contributed by atoms with van der Waals surface area (Å²) in [7, 11) is -1.68. The zero-order chi connectivity index (χ0) is 18.1. The molecule has 0 nitrogen and oxygen atoms in total. The molecule has 0 saturated heterocycles. The van der Waals surface area contributed by atoms with Crippen molar-refractivity contribution >= 4 is 23.2 Å². The Hall–Kier alpha value is -1.70. The standard InChI is InChI=1S/C25H26P.HI/c1-2-3-4-5-15-22-26(23-16-9-6-10-17-23,24-18-11-7-12-19-24)25-20-13-8-14-21-25;/h2,4-14,16-21H,1,3,15,22H2;1H/q+1;/p-1/b5-4-;. The van der Waals surface area contributed by atoms with E-state index in [0.29, 0.717) is 0 Å². The molecule has 0 bridgehead atoms. The van der Waals surface area contributed by atoms with Crippen LogP contribution >= 0.6 is 7.26 Å². The number of benzene rings is 3. The van der Waals surface area contributed by atoms with Gasteiger partial charge in [0.25, 0.3) is 0 Å². The van der Waals surface area contributed by atoms with Crippen molar-refractivity contribution in [2.24, 2.45) is 0 Å². The minimum Gasteiger partial charge on any atom is -1.00 e. The summed E-state index contributed by atoms with van der Waals surface area (Å²) in [4.78, 5) is 0. The first-order valence-corrected chi connectivity index (χ1v) is 11.2. The van der Waals surface area contributed by atoms with Crippen LogP contribution in [0.15, 0.2) is 116 Å². The van der Waals surface area contributed by atoms with E-state index in [4.69, 9.17) is 0 Å². The zero-order valence-electron chi connectivity index (χ0n) is 15.5. The van der Waals surface area contributed by atoms with Crippen LogP contribution in [0.5, 0.6) is 0 Å². The van der Waals surface area contributed by atoms with Gasteiger partial charge in [-0.1, -0.05) is 72.8 Å². The van der Waals surface area contributed by atoms with Gasteiger partial charge >= 0.3 is 0 Å². The predicted molar refractivity (Wildman–Crippen MR) is 119 cm³/mol. The monoisotopic (exact) mass is 484 g/mol. The Morgan fingerprint density at radius 2 is 1.04 bits per heavy atom. The van der Waals surface area contributed by atoms with Crippen molar-refractivity contribution in [1.82, 2.24) is 0 Å². The van der Waals surface area contributed by atoms with Gasteiger partial charge in [-0.3, -0.25) is 0 Å². The van der Waals surface area contributed by atoms with Crippen molar-refractivity contribution in [3.05, 3.63) is 116 Å². The third-order valence-corrected chi connectivity index (χ3v) is 9.16. The van der Waals surface area contributed by atoms with Crippen LogP contribution in [0.4, 0.5) is 0 Å². The number of halogens is 1. The van der Waals surface area contributed by atoms with Crippen molar-refractivity contribution in [1.29, 1.82) is 0 Å². The summed E-state index contributed by atoms with van der Waals surface area (Å²) < 4.78 is 0. The fraction of sp³-hybridized carbons (Fsp3) is 0.120. The summed E-state index contributed by atoms with van der Waals surface area (Å²) >= 11 is 0. The van der Waals surface area contributed by atoms with E-state index in [0.717, 1.165) is 19.0 Å². The van der Waals surface area contributed by atoms with Gasteiger partial charge in [-0.05, 0) is 42.8 Å². The van der Waals surface area contributed by atoms with E-state index >= 15 is 0 Å². The third-order valence-electron chi connectivity index (χ3n) is 4.69. The highest BCUT2D eigenvalue weighted by atomic mass is 127. The molecular formula is C25H26IP. The second-order valence-electron chi connectivity index (χ2n) is 6.32. The van der Waals surface area contributed by atoms with Crippen molar-refractivity contribution < 1.29 is 24.0 Å². The third kappa shape index (κ3) is 5.18. The number of hydrogen-bond donors (Lipinski definition) is 0. The van der Waals surface area contributed by atoms with E-state index in [2.05, 4.69) is 110 Å². The molecule has 0 aliphatic rings. The lowest BCUT2D eigenvalue weighted by Gasteiger charge is -2.27. The lowest BCUT2D eigenvalue weighted by Crippen LogP contribution is -3.00. The Balaban J connectivity index is 0.00000261. The average Bonchev–Trinajstić information content (AvgIpc) is 2.73. The SMILES string of the molecule is C=CC/C=C\CC[P+](c1ccccc1)(c1ccccc1)c1ccccc1.[I-]. The molecule has 0 radical (unpaired) electrons. The Morgan fingerprint density at radius 1 is 0.630 bits per heavy atom. The number of rotatable bonds is 8. The second kappa shape index (κ2) is 11.2. The molecule has 3 rings (SSSR count). The molecule has 138 valence electrons. The Bertz CT molecular complexity index is 729. The van der Waals surface area contributed by atoms with Crippen molar-refractivity contribution in [2.45, 2.75) is 12.8 Å². The summed E-state index contributed by atoms with van der Waals surface area (Å²) in [5, 5.41) is 4.36. The molecule has 0 aliphatic carbocycles. The smallest absolute Gasteiger partial charge is 0.112 e. The van der Waals surface area contributed by atoms with Crippen LogP contribution in [0.25, 0.3) is 0 Å². The van der Waals surface area contributed by atoms with Crippen molar-refractivity contribution in [3.8, 4) is 0 Å². The van der Waals surface area contributed by atoms with Crippen LogP contribution in [0.1, 0.15) is 12.8 Å². The molecule has 0 aliphatic heterocycles. The Morgan fingerprint density at radius 3 is 1.41 bits per heavy atom. The summed E-state index contributed by atoms with van der Waals surface area (Å²) in [5.41, 5.74) is 0. The first-order valence-electron chi connectivity index (χ1n) is 9.19. The lowest BCUT2D eigenvalue weighted by molar-refractivity contribution is -0.00000507. The van der Waals surface area contributed by atoms with E-state index < -0.39 is 7.26 Å². The average molecular weight is 484 g/mol. The van der Waals surface area contributed by atoms with Gasteiger partial charge in [0.1, 0.15) is 23.2 Å². The van der Waals surface area contributed by atoms with Crippen molar-refractivity contribution in [3.63, 3.8) is 0 Å². The van der Waals surface area contributed by atoms with E-state index in [1.807, 2.05) is 6.08 Å². The molecule has 0 amide bonds. The molecule has 0 N–H and O–H groups in total. The highest BCUT2D eigenvalue weighted by Gasteiger charge is 2.44. The van der Waals surface area contributed by atoms with Gasteiger partial charge in [-0.2, -0.15) is 0 Å². The molecule has 27 heavy (non-hydrogen) atoms. The maximum Gasteiger partial charge on any atom is 0.112 e. The normalized spacial score (nSPS) is 11.1. The molecule has 0 spiro atoms. The van der Waals surface area contributed by atoms with Crippen LogP contribution in [0.2, 0.25) is 0 Å². The van der Waals surface area contributed by atoms with Gasteiger partial charge in [0, 0.05) is 6.42 Å². The topological polar surface area (TPSA) is 0 Å². The number of allylic oxidation sites excluding steroid dienone is 3. The quantitative estimate of drug-likeness (QED) is 0.262. The molecule has 0 fully saturated rings. The van der Waals surface area contributed by atoms with E-state index in [-0.39, 0.29) is 24.0 Å². The molecule has 3 aromatic carbocycles. The van der Waals surface area contributed by atoms with Gasteiger partial charge in [0.05, 0.1) is 6.16 Å². The van der Waals surface area contributed by atoms with Crippen LogP contribution in [-0.2, 0) is 0 Å². The fourth-order valence-corrected chi connectivity index (χ4v) is 7.71. The first kappa shape index (κ1) is 21.6. The van der Waals surface area contributed by atoms with Gasteiger partial charge in [-0.25, -0.2) is 0 Å². The van der Waals surface area contributed by atoms with E-state index in [9.17, 15) is 0 Å². The molecule has 2 heteroatoms. The van der Waals surface area contributed by atoms with Gasteiger partial charge in [-0.15, -0.1) is 6.58 Å². The first-order chi connectivity index (χ1) is 12.9. The summed E-state index contributed by atoms with van der Waals surface area (Å²) in [5.74, 6) is 0. The van der Waals surface area contributed by atoms with Gasteiger partial charge < -0.3 is 24.0 Å². The fourth-order valence-electron chi connectivity index (χ4n) is 3.46. The highest BCUT2D eigenvalue weighted by Crippen LogP contribution is 2.55. The Kier molecular flexibility index (Phi) is 8.97. The lowest BCUT2D eigenvalue weighted by atomic mass is 10.3. The van der Waals surface area contributed by atoms with Crippen molar-refractivity contribution in [2.75, 3.05) is 6.16 Å². The molecule has 0 atom stereocenters. The molecule has 0 heterocycles. The molecule has 0 unspecified atom stereocenters. The Labute approximate surface area is 181 Å². The molecule has 0 aromatic heterocycles. The second-order valence-corrected chi connectivity index (χ2v) is 9.94. The van der Waals surface area contributed by atoms with Crippen LogP contribution in [-0.4, -0.2) is 6.16 Å². The van der Waals surface area contributed by atoms with Gasteiger partial charge in [0.2, 0.25) is 0 Å². The van der Waals surface area contributed by atoms with Crippen LogP contribution < -0.4 is 39.9 Å². The summed E-state index contributed by atoms with van der Waals surface area (Å²) in [6, 6.07) is 33.2. The summed E-state index contributed by atoms with van der Waals surface area (Å²) in [6.07, 6.45) is 9.63. The minimum absolute atomic E-state index is 0. The predicted octanol–water partition coefficient (Wildman–Crippen LogP) is 2.51. The molecule has 0 saturated carbocycles. The molecular weight excluding hydrogens is 458 g/mol. The van der Waals surface area contributed by atoms with E-state index in [1.165, 1.54) is 15.9 Å². The largest absolute Gasteiger partial charge is 1.00 e. The summed E-state index contributed by atoms with van der Waals surface area (Å²) in [6.45, 7) is 3.81. The maximum atomic E-state index is 3.81. The van der Waals surface area contributed by atoms with E-state index in [1.54, 1.807) is 0 Å². The maximum absolute atomic E-state index is 3.81. The number of hydrogen-bond acceptors (Lipinski definition) is 0. The minimum atomic E-state index is -1.68. The van der Waals surface area contributed by atoms with Gasteiger partial charge in [0.15, 0.2) is 0 Å².